The fourth-order valence-electron chi connectivity index (χ4n) is 1.41. The molecule has 7 heteroatoms. The van der Waals surface area contributed by atoms with Crippen molar-refractivity contribution in [3.8, 4) is 0 Å². The van der Waals surface area contributed by atoms with Crippen molar-refractivity contribution >= 4 is 21.6 Å². The van der Waals surface area contributed by atoms with Gasteiger partial charge < -0.3 is 4.57 Å². The van der Waals surface area contributed by atoms with Crippen LogP contribution >= 0.6 is 11.6 Å². The molecule has 98 valence electrons. The van der Waals surface area contributed by atoms with Gasteiger partial charge in [0.05, 0.1) is 6.33 Å². The Morgan fingerprint density at radius 3 is 2.65 bits per heavy atom. The lowest BCUT2D eigenvalue weighted by atomic mass is 10.2. The van der Waals surface area contributed by atoms with Crippen molar-refractivity contribution in [3.05, 3.63) is 12.5 Å². The smallest absolute Gasteiger partial charge is 0.261 e. The summed E-state index contributed by atoms with van der Waals surface area (Å²) < 4.78 is 27.0. The van der Waals surface area contributed by atoms with E-state index in [0.717, 1.165) is 19.3 Å². The molecule has 0 aromatic carbocycles. The average molecular weight is 280 g/mol. The minimum atomic E-state index is -3.44. The number of rotatable bonds is 7. The zero-order valence-electron chi connectivity index (χ0n) is 10.1. The van der Waals surface area contributed by atoms with Crippen LogP contribution in [0.3, 0.4) is 0 Å². The second kappa shape index (κ2) is 6.37. The van der Waals surface area contributed by atoms with Crippen LogP contribution in [-0.2, 0) is 17.1 Å². The lowest BCUT2D eigenvalue weighted by Gasteiger charge is -2.15. The molecule has 1 aromatic rings. The summed E-state index contributed by atoms with van der Waals surface area (Å²) in [6.07, 6.45) is 5.65. The SMILES string of the molecule is CN(CCCCCCl)S(=O)(=O)c1cn(C)cn1. The number of hydrogen-bond donors (Lipinski definition) is 0. The van der Waals surface area contributed by atoms with Crippen LogP contribution in [0.1, 0.15) is 19.3 Å². The molecular weight excluding hydrogens is 262 g/mol. The Bertz CT molecular complexity index is 444. The summed E-state index contributed by atoms with van der Waals surface area (Å²) in [6, 6.07) is 0. The number of aryl methyl sites for hydroxylation is 1. The highest BCUT2D eigenvalue weighted by molar-refractivity contribution is 7.89. The molecule has 0 saturated carbocycles. The molecule has 0 unspecified atom stereocenters. The third kappa shape index (κ3) is 3.97. The third-order valence-electron chi connectivity index (χ3n) is 2.46. The fraction of sp³-hybridized carbons (Fsp3) is 0.700. The Balaban J connectivity index is 2.58. The maximum absolute atomic E-state index is 12.0. The lowest BCUT2D eigenvalue weighted by Crippen LogP contribution is -2.28. The summed E-state index contributed by atoms with van der Waals surface area (Å²) in [5, 5.41) is 0.0971. The molecule has 0 aliphatic carbocycles. The highest BCUT2D eigenvalue weighted by Gasteiger charge is 2.22. The maximum Gasteiger partial charge on any atom is 0.261 e. The normalized spacial score (nSPS) is 12.2. The van der Waals surface area contributed by atoms with Crippen LogP contribution < -0.4 is 0 Å². The second-order valence-corrected chi connectivity index (χ2v) is 6.32. The van der Waals surface area contributed by atoms with Crippen LogP contribution in [0, 0.1) is 0 Å². The van der Waals surface area contributed by atoms with Crippen molar-refractivity contribution in [3.63, 3.8) is 0 Å². The zero-order valence-corrected chi connectivity index (χ0v) is 11.7. The third-order valence-corrected chi connectivity index (χ3v) is 4.47. The average Bonchev–Trinajstić information content (AvgIpc) is 2.71. The maximum atomic E-state index is 12.0. The van der Waals surface area contributed by atoms with Crippen LogP contribution in [0.5, 0.6) is 0 Å². The second-order valence-electron chi connectivity index (χ2n) is 3.95. The minimum Gasteiger partial charge on any atom is -0.339 e. The van der Waals surface area contributed by atoms with Gasteiger partial charge in [0.15, 0.2) is 5.03 Å². The van der Waals surface area contributed by atoms with E-state index < -0.39 is 10.0 Å². The predicted molar refractivity (Wildman–Crippen MR) is 67.6 cm³/mol. The molecule has 0 radical (unpaired) electrons. The largest absolute Gasteiger partial charge is 0.339 e. The van der Waals surface area contributed by atoms with Crippen molar-refractivity contribution < 1.29 is 8.42 Å². The summed E-state index contributed by atoms with van der Waals surface area (Å²) in [7, 11) is -0.120. The monoisotopic (exact) mass is 279 g/mol. The number of aromatic nitrogens is 2. The van der Waals surface area contributed by atoms with Gasteiger partial charge in [0.1, 0.15) is 0 Å². The quantitative estimate of drug-likeness (QED) is 0.561. The standard InChI is InChI=1S/C10H18ClN3O2S/c1-13-8-10(12-9-13)17(15,16)14(2)7-5-3-4-6-11/h8-9H,3-7H2,1-2H3. The summed E-state index contributed by atoms with van der Waals surface area (Å²) in [6.45, 7) is 0.496. The Labute approximate surface area is 107 Å². The van der Waals surface area contributed by atoms with Crippen LogP contribution in [-0.4, -0.2) is 41.7 Å². The number of alkyl halides is 1. The topological polar surface area (TPSA) is 55.2 Å². The summed E-state index contributed by atoms with van der Waals surface area (Å²) in [5.74, 6) is 0.622. The predicted octanol–water partition coefficient (Wildman–Crippen LogP) is 1.45. The Kier molecular flexibility index (Phi) is 5.42. The van der Waals surface area contributed by atoms with Gasteiger partial charge in [-0.25, -0.2) is 13.4 Å². The van der Waals surface area contributed by atoms with E-state index in [-0.39, 0.29) is 5.03 Å². The molecular formula is C10H18ClN3O2S. The molecule has 0 bridgehead atoms. The van der Waals surface area contributed by atoms with Crippen molar-refractivity contribution in [2.24, 2.45) is 7.05 Å². The van der Waals surface area contributed by atoms with Crippen LogP contribution in [0.4, 0.5) is 0 Å². The first kappa shape index (κ1) is 14.5. The summed E-state index contributed by atoms with van der Waals surface area (Å²) in [4.78, 5) is 3.87. The minimum absolute atomic E-state index is 0.0971. The number of nitrogens with zero attached hydrogens (tertiary/aromatic N) is 3. The van der Waals surface area contributed by atoms with Gasteiger partial charge in [0, 0.05) is 32.7 Å². The van der Waals surface area contributed by atoms with Gasteiger partial charge in [0.25, 0.3) is 10.0 Å². The van der Waals surface area contributed by atoms with E-state index in [1.54, 1.807) is 18.7 Å². The molecule has 1 heterocycles. The van der Waals surface area contributed by atoms with Gasteiger partial charge >= 0.3 is 0 Å². The van der Waals surface area contributed by atoms with Crippen molar-refractivity contribution in [1.29, 1.82) is 0 Å². The molecule has 0 fully saturated rings. The molecule has 5 nitrogen and oxygen atoms in total. The first-order valence-electron chi connectivity index (χ1n) is 5.48. The van der Waals surface area contributed by atoms with E-state index in [0.29, 0.717) is 12.4 Å². The van der Waals surface area contributed by atoms with Crippen LogP contribution in [0.15, 0.2) is 17.6 Å². The Morgan fingerprint density at radius 1 is 1.41 bits per heavy atom. The van der Waals surface area contributed by atoms with Crippen molar-refractivity contribution in [2.45, 2.75) is 24.3 Å². The van der Waals surface area contributed by atoms with E-state index in [1.807, 2.05) is 0 Å². The van der Waals surface area contributed by atoms with E-state index >= 15 is 0 Å². The van der Waals surface area contributed by atoms with Gasteiger partial charge in [-0.05, 0) is 12.8 Å². The first-order chi connectivity index (χ1) is 7.98. The molecule has 17 heavy (non-hydrogen) atoms. The number of imidazole rings is 1. The molecule has 0 saturated heterocycles. The van der Waals surface area contributed by atoms with Crippen LogP contribution in [0.2, 0.25) is 0 Å². The van der Waals surface area contributed by atoms with Gasteiger partial charge in [-0.15, -0.1) is 11.6 Å². The molecule has 0 N–H and O–H groups in total. The molecule has 0 aliphatic heterocycles. The lowest BCUT2D eigenvalue weighted by molar-refractivity contribution is 0.452. The Morgan fingerprint density at radius 2 is 2.12 bits per heavy atom. The molecule has 1 aromatic heterocycles. The van der Waals surface area contributed by atoms with Gasteiger partial charge in [0.2, 0.25) is 0 Å². The highest BCUT2D eigenvalue weighted by Crippen LogP contribution is 2.12. The zero-order chi connectivity index (χ0) is 12.9. The summed E-state index contributed by atoms with van der Waals surface area (Å²) in [5.41, 5.74) is 0. The van der Waals surface area contributed by atoms with E-state index in [2.05, 4.69) is 4.98 Å². The van der Waals surface area contributed by atoms with Gasteiger partial charge in [-0.2, -0.15) is 4.31 Å². The molecule has 0 amide bonds. The number of sulfonamides is 1. The van der Waals surface area contributed by atoms with E-state index in [9.17, 15) is 8.42 Å². The molecule has 0 atom stereocenters. The number of unbranched alkanes of at least 4 members (excludes halogenated alkanes) is 2. The first-order valence-corrected chi connectivity index (χ1v) is 7.46. The van der Waals surface area contributed by atoms with Crippen molar-refractivity contribution in [1.82, 2.24) is 13.9 Å². The Hall–Kier alpha value is -0.590. The number of halogens is 1. The molecule has 0 spiro atoms. The van der Waals surface area contributed by atoms with E-state index in [1.165, 1.54) is 16.8 Å². The molecule has 0 aliphatic rings. The summed E-state index contributed by atoms with van der Waals surface area (Å²) >= 11 is 5.56. The number of hydrogen-bond acceptors (Lipinski definition) is 3. The van der Waals surface area contributed by atoms with Crippen molar-refractivity contribution in [2.75, 3.05) is 19.5 Å². The fourth-order valence-corrected chi connectivity index (χ4v) is 2.77. The molecule has 1 rings (SSSR count). The van der Waals surface area contributed by atoms with E-state index in [4.69, 9.17) is 11.6 Å². The highest BCUT2D eigenvalue weighted by atomic mass is 35.5. The van der Waals surface area contributed by atoms with Gasteiger partial charge in [-0.1, -0.05) is 6.42 Å². The van der Waals surface area contributed by atoms with Crippen LogP contribution in [0.25, 0.3) is 0 Å². The van der Waals surface area contributed by atoms with Gasteiger partial charge in [-0.3, -0.25) is 0 Å².